The summed E-state index contributed by atoms with van der Waals surface area (Å²) in [6.45, 7) is 4.63. The summed E-state index contributed by atoms with van der Waals surface area (Å²) in [7, 11) is -1.81. The molecule has 0 bridgehead atoms. The second-order valence-corrected chi connectivity index (χ2v) is 14.6. The van der Waals surface area contributed by atoms with E-state index in [1.165, 1.54) is 5.67 Å². The Hall–Kier alpha value is 1.01. The average Bonchev–Trinajstić information content (AvgIpc) is 1.65. The van der Waals surface area contributed by atoms with Gasteiger partial charge in [-0.25, -0.2) is 0 Å². The fraction of sp³-hybridized carbons (Fsp3) is 1.00. The van der Waals surface area contributed by atoms with Gasteiger partial charge in [-0.15, -0.1) is 11.6 Å². The minimum absolute atomic E-state index is 0.462. The van der Waals surface area contributed by atoms with Crippen molar-refractivity contribution in [1.29, 1.82) is 0 Å². The van der Waals surface area contributed by atoms with Gasteiger partial charge in [-0.2, -0.15) is 11.1 Å². The van der Waals surface area contributed by atoms with Crippen molar-refractivity contribution in [2.45, 2.75) is 23.4 Å². The summed E-state index contributed by atoms with van der Waals surface area (Å²) in [5.41, 5.74) is 1.34. The first-order valence-corrected chi connectivity index (χ1v) is 9.77. The van der Waals surface area contributed by atoms with Gasteiger partial charge >= 0.3 is 0 Å². The van der Waals surface area contributed by atoms with Gasteiger partial charge in [0.1, 0.15) is 0 Å². The van der Waals surface area contributed by atoms with Crippen LogP contribution in [0.3, 0.4) is 0 Å². The molecular formula is C4H10Cl2Si2. The van der Waals surface area contributed by atoms with Crippen molar-refractivity contribution in [1.82, 2.24) is 0 Å². The Bertz CT molecular complexity index is 104. The molecule has 1 aliphatic rings. The van der Waals surface area contributed by atoms with Crippen LogP contribution in [0.15, 0.2) is 0 Å². The zero-order valence-electron chi connectivity index (χ0n) is 5.12. The van der Waals surface area contributed by atoms with Gasteiger partial charge in [-0.1, -0.05) is 13.1 Å². The zero-order chi connectivity index (χ0) is 6.36. The van der Waals surface area contributed by atoms with E-state index in [1.54, 1.807) is 0 Å². The van der Waals surface area contributed by atoms with Crippen LogP contribution in [0.5, 0.6) is 0 Å². The van der Waals surface area contributed by atoms with Gasteiger partial charge < -0.3 is 0 Å². The summed E-state index contributed by atoms with van der Waals surface area (Å²) in [5.74, 6) is 0. The Morgan fingerprint density at radius 3 is 2.12 bits per heavy atom. The fourth-order valence-corrected chi connectivity index (χ4v) is 17.7. The average molecular weight is 185 g/mol. The molecule has 1 fully saturated rings. The molecule has 2 atom stereocenters. The lowest BCUT2D eigenvalue weighted by atomic mass is 11.7. The predicted molar refractivity (Wildman–Crippen MR) is 44.9 cm³/mol. The molecule has 0 saturated carbocycles. The molecule has 0 nitrogen and oxygen atoms in total. The van der Waals surface area contributed by atoms with Crippen molar-refractivity contribution in [2.75, 3.05) is 0 Å². The molecule has 0 aromatic heterocycles. The van der Waals surface area contributed by atoms with E-state index in [9.17, 15) is 0 Å². The van der Waals surface area contributed by atoms with E-state index in [0.29, 0.717) is 4.62 Å². The first-order chi connectivity index (χ1) is 3.54. The van der Waals surface area contributed by atoms with Crippen LogP contribution in [0.2, 0.25) is 18.8 Å². The molecule has 1 heterocycles. The van der Waals surface area contributed by atoms with Crippen LogP contribution in [0.1, 0.15) is 0 Å². The summed E-state index contributed by atoms with van der Waals surface area (Å²) < 4.78 is 0.462. The molecule has 2 unspecified atom stereocenters. The quantitative estimate of drug-likeness (QED) is 0.307. The molecule has 8 heavy (non-hydrogen) atoms. The van der Waals surface area contributed by atoms with Crippen molar-refractivity contribution in [3.05, 3.63) is 0 Å². The van der Waals surface area contributed by atoms with Gasteiger partial charge in [0.05, 0.1) is 8.07 Å². The van der Waals surface area contributed by atoms with Gasteiger partial charge in [-0.3, -0.25) is 0 Å². The lowest BCUT2D eigenvalue weighted by Crippen LogP contribution is -2.59. The monoisotopic (exact) mass is 184 g/mol. The minimum Gasteiger partial charge on any atom is -0.171 e. The van der Waals surface area contributed by atoms with Crippen molar-refractivity contribution in [3.8, 4) is 0 Å². The third-order valence-corrected chi connectivity index (χ3v) is 19.4. The van der Waals surface area contributed by atoms with Gasteiger partial charge in [0.2, 0.25) is 0 Å². The highest BCUT2D eigenvalue weighted by Crippen LogP contribution is 2.36. The van der Waals surface area contributed by atoms with Gasteiger partial charge in [0.25, 0.3) is 0 Å². The maximum absolute atomic E-state index is 5.98. The SMILES string of the molecule is C[Si]1(C)C[SiH](Cl)C1Cl. The fourth-order valence-electron chi connectivity index (χ4n) is 1.05. The Morgan fingerprint density at radius 2 is 2.12 bits per heavy atom. The largest absolute Gasteiger partial charge is 0.171 e. The normalized spacial score (nSPS) is 43.5. The van der Waals surface area contributed by atoms with Gasteiger partial charge in [0.15, 0.2) is 8.11 Å². The first kappa shape index (κ1) is 7.12. The van der Waals surface area contributed by atoms with Crippen LogP contribution in [-0.4, -0.2) is 20.8 Å². The van der Waals surface area contributed by atoms with Gasteiger partial charge in [0, 0.05) is 4.62 Å². The highest BCUT2D eigenvalue weighted by Gasteiger charge is 2.48. The molecule has 0 radical (unpaired) electrons. The summed E-state index contributed by atoms with van der Waals surface area (Å²) >= 11 is 11.9. The van der Waals surface area contributed by atoms with Crippen LogP contribution >= 0.6 is 22.7 Å². The zero-order valence-corrected chi connectivity index (χ0v) is 8.78. The minimum atomic E-state index is -0.922. The molecule has 0 aromatic carbocycles. The lowest BCUT2D eigenvalue weighted by Gasteiger charge is -2.41. The molecule has 48 valence electrons. The van der Waals surface area contributed by atoms with E-state index >= 15 is 0 Å². The van der Waals surface area contributed by atoms with E-state index in [4.69, 9.17) is 22.7 Å². The summed E-state index contributed by atoms with van der Waals surface area (Å²) in [4.78, 5) is 0. The van der Waals surface area contributed by atoms with E-state index in [0.717, 1.165) is 0 Å². The first-order valence-electron chi connectivity index (χ1n) is 2.82. The van der Waals surface area contributed by atoms with Gasteiger partial charge in [-0.05, 0) is 5.67 Å². The molecule has 0 N–H and O–H groups in total. The maximum atomic E-state index is 5.98. The van der Waals surface area contributed by atoms with Crippen LogP contribution in [0, 0.1) is 0 Å². The van der Waals surface area contributed by atoms with Crippen molar-refractivity contribution < 1.29 is 0 Å². The number of hydrogen-bond donors (Lipinski definition) is 0. The van der Waals surface area contributed by atoms with Crippen LogP contribution in [0.4, 0.5) is 0 Å². The maximum Gasteiger partial charge on any atom is 0.153 e. The number of halogens is 2. The molecule has 1 rings (SSSR count). The van der Waals surface area contributed by atoms with E-state index in [2.05, 4.69) is 13.1 Å². The second-order valence-electron chi connectivity index (χ2n) is 3.11. The molecule has 1 saturated heterocycles. The Kier molecular flexibility index (Phi) is 1.79. The standard InChI is InChI=1S/C4H10Cl2Si2/c1-8(2)3-7(6)4(8)5/h4,7H,3H2,1-2H3. The Labute approximate surface area is 62.5 Å². The topological polar surface area (TPSA) is 0 Å². The molecule has 1 aliphatic heterocycles. The Balaban J connectivity index is 2.47. The van der Waals surface area contributed by atoms with Crippen molar-refractivity contribution >= 4 is 38.9 Å². The van der Waals surface area contributed by atoms with Crippen LogP contribution in [0.25, 0.3) is 0 Å². The smallest absolute Gasteiger partial charge is 0.153 e. The second kappa shape index (κ2) is 2.01. The number of hydrogen-bond acceptors (Lipinski definition) is 0. The molecule has 4 heteroatoms. The van der Waals surface area contributed by atoms with Crippen LogP contribution < -0.4 is 0 Å². The predicted octanol–water partition coefficient (Wildman–Crippen LogP) is 1.90. The summed E-state index contributed by atoms with van der Waals surface area (Å²) in [6, 6.07) is 0. The highest BCUT2D eigenvalue weighted by atomic mass is 35.6. The van der Waals surface area contributed by atoms with Crippen LogP contribution in [-0.2, 0) is 0 Å². The highest BCUT2D eigenvalue weighted by molar-refractivity contribution is 7.29. The van der Waals surface area contributed by atoms with Crippen molar-refractivity contribution in [3.63, 3.8) is 0 Å². The lowest BCUT2D eigenvalue weighted by molar-refractivity contribution is 1.40. The molecule has 0 aromatic rings. The van der Waals surface area contributed by atoms with E-state index < -0.39 is 16.2 Å². The summed E-state index contributed by atoms with van der Waals surface area (Å²) in [6.07, 6.45) is 0. The van der Waals surface area contributed by atoms with E-state index in [1.807, 2.05) is 0 Å². The molecule has 0 amide bonds. The molecule has 0 spiro atoms. The molecular weight excluding hydrogens is 175 g/mol. The van der Waals surface area contributed by atoms with Crippen molar-refractivity contribution in [2.24, 2.45) is 0 Å². The summed E-state index contributed by atoms with van der Waals surface area (Å²) in [5, 5.41) is 0. The third kappa shape index (κ3) is 0.989. The number of rotatable bonds is 0. The Morgan fingerprint density at radius 1 is 1.62 bits per heavy atom. The van der Waals surface area contributed by atoms with E-state index in [-0.39, 0.29) is 0 Å². The molecule has 0 aliphatic carbocycles. The third-order valence-electron chi connectivity index (χ3n) is 1.79. The number of alkyl halides is 1.